The zero-order chi connectivity index (χ0) is 10.7. The van der Waals surface area contributed by atoms with Crippen LogP contribution in [0.5, 0.6) is 0 Å². The van der Waals surface area contributed by atoms with E-state index in [2.05, 4.69) is 0 Å². The Morgan fingerprint density at radius 1 is 1.43 bits per heavy atom. The monoisotopic (exact) mass is 214 g/mol. The Balaban J connectivity index is 2.56. The number of rotatable bonds is 1. The third-order valence-corrected chi connectivity index (χ3v) is 6.88. The van der Waals surface area contributed by atoms with Crippen LogP contribution in [0.1, 0.15) is 27.2 Å². The van der Waals surface area contributed by atoms with Gasteiger partial charge in [-0.1, -0.05) is 13.8 Å². The number of hydrogen-bond donors (Lipinski definition) is 0. The van der Waals surface area contributed by atoms with E-state index in [1.807, 2.05) is 13.8 Å². The first-order chi connectivity index (χ1) is 6.38. The molecular weight excluding hydrogens is 199 g/mol. The van der Waals surface area contributed by atoms with E-state index in [1.165, 1.54) is 0 Å². The first kappa shape index (κ1) is 10.5. The van der Waals surface area contributed by atoms with E-state index >= 15 is 0 Å². The molecule has 2 fully saturated rings. The molecule has 14 heavy (non-hydrogen) atoms. The number of sulfone groups is 1. The van der Waals surface area contributed by atoms with Gasteiger partial charge in [0.1, 0.15) is 7.85 Å². The quantitative estimate of drug-likeness (QED) is 0.596. The van der Waals surface area contributed by atoms with E-state index in [9.17, 15) is 8.42 Å². The maximum Gasteiger partial charge on any atom is 0.160 e. The van der Waals surface area contributed by atoms with Crippen LogP contribution in [-0.4, -0.2) is 38.4 Å². The van der Waals surface area contributed by atoms with Gasteiger partial charge in [0.15, 0.2) is 9.84 Å². The summed E-state index contributed by atoms with van der Waals surface area (Å²) in [6, 6.07) is -0.633. The fourth-order valence-corrected chi connectivity index (χ4v) is 5.83. The van der Waals surface area contributed by atoms with Crippen LogP contribution in [0.4, 0.5) is 0 Å². The van der Waals surface area contributed by atoms with Gasteiger partial charge in [-0.05, 0) is 13.3 Å². The molecule has 2 radical (unpaired) electrons. The lowest BCUT2D eigenvalue weighted by Gasteiger charge is -2.35. The largest absolute Gasteiger partial charge is 0.379 e. The predicted molar refractivity (Wildman–Crippen MR) is 55.0 cm³/mol. The molecule has 2 aliphatic heterocycles. The minimum atomic E-state index is -3.09. The van der Waals surface area contributed by atoms with Crippen LogP contribution in [0.3, 0.4) is 0 Å². The Morgan fingerprint density at radius 2 is 2.00 bits per heavy atom. The summed E-state index contributed by atoms with van der Waals surface area (Å²) in [4.78, 5) is 0. The highest BCUT2D eigenvalue weighted by molar-refractivity contribution is 7.93. The molecule has 2 bridgehead atoms. The second kappa shape index (κ2) is 2.76. The molecule has 2 rings (SSSR count). The molecule has 0 aliphatic carbocycles. The Bertz CT molecular complexity index is 353. The third kappa shape index (κ3) is 0.903. The van der Waals surface area contributed by atoms with Crippen LogP contribution in [0.15, 0.2) is 0 Å². The van der Waals surface area contributed by atoms with E-state index in [0.717, 1.165) is 0 Å². The predicted octanol–water partition coefficient (Wildman–Crippen LogP) is 0.482. The van der Waals surface area contributed by atoms with Gasteiger partial charge in [0.2, 0.25) is 0 Å². The minimum absolute atomic E-state index is 0.0162. The van der Waals surface area contributed by atoms with Crippen molar-refractivity contribution in [1.82, 2.24) is 0 Å². The average molecular weight is 214 g/mol. The highest BCUT2D eigenvalue weighted by Crippen LogP contribution is 2.52. The molecule has 2 heterocycles. The van der Waals surface area contributed by atoms with Gasteiger partial charge in [0, 0.05) is 11.9 Å². The van der Waals surface area contributed by atoms with Crippen LogP contribution < -0.4 is 0 Å². The minimum Gasteiger partial charge on any atom is -0.379 e. The number of fused-ring (bicyclic) bond motifs is 2. The van der Waals surface area contributed by atoms with E-state index in [0.29, 0.717) is 6.42 Å². The van der Waals surface area contributed by atoms with Gasteiger partial charge < -0.3 is 4.74 Å². The molecule has 5 heteroatoms. The van der Waals surface area contributed by atoms with Crippen molar-refractivity contribution in [2.24, 2.45) is 5.92 Å². The molecule has 0 amide bonds. The van der Waals surface area contributed by atoms with Crippen LogP contribution >= 0.6 is 0 Å². The second-order valence-corrected chi connectivity index (χ2v) is 6.81. The number of ether oxygens (including phenoxy) is 1. The van der Waals surface area contributed by atoms with Crippen molar-refractivity contribution in [1.29, 1.82) is 0 Å². The first-order valence-corrected chi connectivity index (χ1v) is 6.65. The lowest BCUT2D eigenvalue weighted by molar-refractivity contribution is -0.0353. The highest BCUT2D eigenvalue weighted by atomic mass is 32.2. The van der Waals surface area contributed by atoms with Gasteiger partial charge >= 0.3 is 0 Å². The summed E-state index contributed by atoms with van der Waals surface area (Å²) in [5.74, 6) is 0.0162. The van der Waals surface area contributed by atoms with E-state index in [4.69, 9.17) is 12.6 Å². The lowest BCUT2D eigenvalue weighted by Crippen LogP contribution is -2.47. The molecule has 0 aromatic carbocycles. The molecule has 0 spiro atoms. The molecule has 2 saturated heterocycles. The average Bonchev–Trinajstić information content (AvgIpc) is 2.43. The molecule has 0 aromatic rings. The molecular formula is C9H15BO3S. The Hall–Kier alpha value is -0.0251. The Morgan fingerprint density at radius 3 is 2.36 bits per heavy atom. The zero-order valence-electron chi connectivity index (χ0n) is 8.73. The van der Waals surface area contributed by atoms with Gasteiger partial charge in [-0.3, -0.25) is 0 Å². The summed E-state index contributed by atoms with van der Waals surface area (Å²) in [7, 11) is 2.62. The van der Waals surface area contributed by atoms with E-state index in [-0.39, 0.29) is 5.92 Å². The molecule has 3 nitrogen and oxygen atoms in total. The smallest absolute Gasteiger partial charge is 0.160 e. The van der Waals surface area contributed by atoms with E-state index in [1.54, 1.807) is 6.92 Å². The number of hydrogen-bond acceptors (Lipinski definition) is 3. The van der Waals surface area contributed by atoms with Gasteiger partial charge in [-0.25, -0.2) is 8.42 Å². The molecule has 0 saturated carbocycles. The third-order valence-electron chi connectivity index (χ3n) is 4.06. The molecule has 78 valence electrons. The van der Waals surface area contributed by atoms with Gasteiger partial charge in [0.25, 0.3) is 0 Å². The Kier molecular flexibility index (Phi) is 2.07. The summed E-state index contributed by atoms with van der Waals surface area (Å²) in [6.07, 6.45) is 0.707. The van der Waals surface area contributed by atoms with Gasteiger partial charge in [0.05, 0.1) is 16.1 Å². The van der Waals surface area contributed by atoms with Crippen molar-refractivity contribution in [3.05, 3.63) is 0 Å². The second-order valence-electron chi connectivity index (χ2n) is 4.38. The summed E-state index contributed by atoms with van der Waals surface area (Å²) in [5.41, 5.74) is -0.539. The molecule has 2 aliphatic rings. The molecule has 5 atom stereocenters. The fraction of sp³-hybridized carbons (Fsp3) is 1.00. The van der Waals surface area contributed by atoms with Crippen molar-refractivity contribution < 1.29 is 13.2 Å². The summed E-state index contributed by atoms with van der Waals surface area (Å²) < 4.78 is 29.6. The van der Waals surface area contributed by atoms with Crippen LogP contribution in [0.25, 0.3) is 0 Å². The van der Waals surface area contributed by atoms with Crippen molar-refractivity contribution in [3.8, 4) is 0 Å². The van der Waals surface area contributed by atoms with Crippen molar-refractivity contribution >= 4 is 17.7 Å². The highest BCUT2D eigenvalue weighted by Gasteiger charge is 2.67. The Labute approximate surface area is 86.5 Å². The summed E-state index contributed by atoms with van der Waals surface area (Å²) in [5, 5.41) is -0.919. The fourth-order valence-electron chi connectivity index (χ4n) is 3.13. The van der Waals surface area contributed by atoms with Gasteiger partial charge in [-0.15, -0.1) is 0 Å². The zero-order valence-corrected chi connectivity index (χ0v) is 9.54. The van der Waals surface area contributed by atoms with Crippen LogP contribution in [0, 0.1) is 5.92 Å². The summed E-state index contributed by atoms with van der Waals surface area (Å²) in [6.45, 7) is 5.63. The van der Waals surface area contributed by atoms with Crippen molar-refractivity contribution in [2.75, 3.05) is 0 Å². The molecule has 0 aromatic heterocycles. The summed E-state index contributed by atoms with van der Waals surface area (Å²) >= 11 is 0. The molecule has 0 N–H and O–H groups in total. The molecule has 1 unspecified atom stereocenters. The van der Waals surface area contributed by atoms with Crippen LogP contribution in [-0.2, 0) is 14.6 Å². The lowest BCUT2D eigenvalue weighted by atomic mass is 9.82. The maximum atomic E-state index is 12.0. The van der Waals surface area contributed by atoms with Crippen molar-refractivity contribution in [3.63, 3.8) is 0 Å². The van der Waals surface area contributed by atoms with Gasteiger partial charge in [-0.2, -0.15) is 0 Å². The van der Waals surface area contributed by atoms with Crippen molar-refractivity contribution in [2.45, 2.75) is 49.3 Å². The normalized spacial score (nSPS) is 55.1. The standard InChI is InChI=1S/C9H15BO3S/c1-4-9-5(2)7(8(10)13-9)14(11,12)6(9)3/h5-8H,4H2,1-3H3/t5-,6-,7?,8-,9-/m1/s1. The SMILES string of the molecule is [B][C@@H]1O[C@]2(CC)[C@H](C)C1S(=O)(=O)[C@@H]2C. The topological polar surface area (TPSA) is 43.4 Å². The van der Waals surface area contributed by atoms with Crippen LogP contribution in [0.2, 0.25) is 0 Å². The maximum absolute atomic E-state index is 12.0. The first-order valence-electron chi connectivity index (χ1n) is 5.04. The van der Waals surface area contributed by atoms with E-state index < -0.39 is 31.9 Å².